The van der Waals surface area contributed by atoms with E-state index in [1.54, 1.807) is 11.3 Å². The van der Waals surface area contributed by atoms with Crippen molar-refractivity contribution >= 4 is 29.0 Å². The molecule has 1 saturated carbocycles. The predicted octanol–water partition coefficient (Wildman–Crippen LogP) is 2.23. The number of nitrogens with zero attached hydrogens (tertiary/aromatic N) is 3. The fraction of sp³-hybridized carbons (Fsp3) is 0.500. The largest absolute Gasteiger partial charge is 0.352 e. The van der Waals surface area contributed by atoms with Crippen LogP contribution in [0.1, 0.15) is 30.5 Å². The van der Waals surface area contributed by atoms with E-state index < -0.39 is 0 Å². The number of carbonyl (C=O) groups is 1. The van der Waals surface area contributed by atoms with E-state index in [1.807, 2.05) is 24.6 Å². The van der Waals surface area contributed by atoms with Crippen molar-refractivity contribution in [2.24, 2.45) is 7.05 Å². The van der Waals surface area contributed by atoms with Crippen LogP contribution in [0.3, 0.4) is 0 Å². The molecule has 0 aromatic carbocycles. The summed E-state index contributed by atoms with van der Waals surface area (Å²) in [5, 5.41) is 14.2. The van der Waals surface area contributed by atoms with E-state index in [2.05, 4.69) is 27.0 Å². The molecule has 2 heterocycles. The second kappa shape index (κ2) is 6.19. The Balaban J connectivity index is 1.62. The molecule has 1 aliphatic carbocycles. The number of thiophene rings is 1. The van der Waals surface area contributed by atoms with Crippen molar-refractivity contribution in [1.29, 1.82) is 0 Å². The van der Waals surface area contributed by atoms with Crippen molar-refractivity contribution < 1.29 is 4.79 Å². The van der Waals surface area contributed by atoms with Gasteiger partial charge in [0.2, 0.25) is 5.91 Å². The summed E-state index contributed by atoms with van der Waals surface area (Å²) in [5.74, 6) is 1.01. The van der Waals surface area contributed by atoms with E-state index in [-0.39, 0.29) is 11.2 Å². The van der Waals surface area contributed by atoms with Gasteiger partial charge in [0.1, 0.15) is 5.82 Å². The fourth-order valence-electron chi connectivity index (χ4n) is 1.93. The molecule has 2 aromatic rings. The molecule has 0 radical (unpaired) electrons. The summed E-state index contributed by atoms with van der Waals surface area (Å²) < 4.78 is 1.98. The zero-order chi connectivity index (χ0) is 14.8. The summed E-state index contributed by atoms with van der Waals surface area (Å²) in [6, 6.07) is 4.53. The molecule has 0 spiro atoms. The molecule has 1 aliphatic rings. The molecule has 112 valence electrons. The summed E-state index contributed by atoms with van der Waals surface area (Å²) >= 11 is 3.18. The van der Waals surface area contributed by atoms with Crippen LogP contribution >= 0.6 is 23.1 Å². The lowest BCUT2D eigenvalue weighted by Crippen LogP contribution is -2.32. The minimum absolute atomic E-state index is 0.0882. The Morgan fingerprint density at radius 1 is 1.57 bits per heavy atom. The van der Waals surface area contributed by atoms with Crippen molar-refractivity contribution in [2.45, 2.75) is 42.6 Å². The highest BCUT2D eigenvalue weighted by Crippen LogP contribution is 2.25. The third-order valence-electron chi connectivity index (χ3n) is 3.41. The van der Waals surface area contributed by atoms with Gasteiger partial charge in [-0.15, -0.1) is 21.5 Å². The van der Waals surface area contributed by atoms with Crippen LogP contribution < -0.4 is 5.32 Å². The SMILES string of the molecule is C[C@H](Sc1nnc(Cc2cccs2)n1C)C(=O)NC1CC1. The number of amides is 1. The molecule has 1 amide bonds. The number of hydrogen-bond donors (Lipinski definition) is 1. The van der Waals surface area contributed by atoms with Gasteiger partial charge in [0.05, 0.1) is 5.25 Å². The van der Waals surface area contributed by atoms with E-state index in [4.69, 9.17) is 0 Å². The second-order valence-electron chi connectivity index (χ2n) is 5.26. The number of rotatable bonds is 6. The average molecular weight is 322 g/mol. The van der Waals surface area contributed by atoms with Gasteiger partial charge < -0.3 is 9.88 Å². The lowest BCUT2D eigenvalue weighted by molar-refractivity contribution is -0.120. The molecule has 0 bridgehead atoms. The van der Waals surface area contributed by atoms with Gasteiger partial charge >= 0.3 is 0 Å². The molecule has 1 atom stereocenters. The first kappa shape index (κ1) is 14.6. The first-order valence-electron chi connectivity index (χ1n) is 7.01. The highest BCUT2D eigenvalue weighted by molar-refractivity contribution is 8.00. The standard InChI is InChI=1S/C14H18N4OS2/c1-9(13(19)15-10-5-6-10)21-14-17-16-12(18(14)2)8-11-4-3-7-20-11/h3-4,7,9-10H,5-6,8H2,1-2H3,(H,15,19)/t9-/m0/s1. The third kappa shape index (κ3) is 3.65. The topological polar surface area (TPSA) is 59.8 Å². The summed E-state index contributed by atoms with van der Waals surface area (Å²) in [5.41, 5.74) is 0. The number of aromatic nitrogens is 3. The number of hydrogen-bond acceptors (Lipinski definition) is 5. The normalized spacial score (nSPS) is 15.9. The quantitative estimate of drug-likeness (QED) is 0.829. The number of carbonyl (C=O) groups excluding carboxylic acids is 1. The minimum atomic E-state index is -0.150. The first-order chi connectivity index (χ1) is 10.1. The van der Waals surface area contributed by atoms with Crippen molar-refractivity contribution in [3.63, 3.8) is 0 Å². The molecule has 3 rings (SSSR count). The Labute approximate surface area is 132 Å². The lowest BCUT2D eigenvalue weighted by Gasteiger charge is -2.10. The van der Waals surface area contributed by atoms with Crippen molar-refractivity contribution in [1.82, 2.24) is 20.1 Å². The molecule has 1 fully saturated rings. The zero-order valence-electron chi connectivity index (χ0n) is 12.1. The van der Waals surface area contributed by atoms with E-state index in [0.717, 1.165) is 30.2 Å². The molecular formula is C14H18N4OS2. The Bertz CT molecular complexity index is 619. The molecule has 0 saturated heterocycles. The van der Waals surface area contributed by atoms with Gasteiger partial charge in [-0.05, 0) is 31.2 Å². The minimum Gasteiger partial charge on any atom is -0.352 e. The summed E-state index contributed by atoms with van der Waals surface area (Å²) in [7, 11) is 1.96. The first-order valence-corrected chi connectivity index (χ1v) is 8.77. The zero-order valence-corrected chi connectivity index (χ0v) is 13.7. The molecule has 0 unspecified atom stereocenters. The van der Waals surface area contributed by atoms with Crippen LogP contribution in [0.15, 0.2) is 22.7 Å². The Morgan fingerprint density at radius 3 is 3.05 bits per heavy atom. The van der Waals surface area contributed by atoms with Gasteiger partial charge in [-0.3, -0.25) is 4.79 Å². The average Bonchev–Trinajstić information content (AvgIpc) is 3.01. The van der Waals surface area contributed by atoms with Crippen LogP contribution in [0.5, 0.6) is 0 Å². The molecule has 0 aliphatic heterocycles. The van der Waals surface area contributed by atoms with E-state index >= 15 is 0 Å². The summed E-state index contributed by atoms with van der Waals surface area (Å²) in [6.45, 7) is 1.91. The van der Waals surface area contributed by atoms with Crippen LogP contribution in [0.4, 0.5) is 0 Å². The second-order valence-corrected chi connectivity index (χ2v) is 7.60. The third-order valence-corrected chi connectivity index (χ3v) is 5.42. The molecule has 21 heavy (non-hydrogen) atoms. The molecule has 1 N–H and O–H groups in total. The van der Waals surface area contributed by atoms with Gasteiger partial charge in [-0.25, -0.2) is 0 Å². The van der Waals surface area contributed by atoms with E-state index in [9.17, 15) is 4.79 Å². The lowest BCUT2D eigenvalue weighted by atomic mass is 10.3. The Kier molecular flexibility index (Phi) is 4.30. The van der Waals surface area contributed by atoms with Crippen molar-refractivity contribution in [2.75, 3.05) is 0 Å². The van der Waals surface area contributed by atoms with Gasteiger partial charge in [0, 0.05) is 24.4 Å². The molecule has 2 aromatic heterocycles. The monoisotopic (exact) mass is 322 g/mol. The molecule has 7 heteroatoms. The maximum atomic E-state index is 12.0. The van der Waals surface area contributed by atoms with Gasteiger partial charge in [0.15, 0.2) is 5.16 Å². The van der Waals surface area contributed by atoms with E-state index in [1.165, 1.54) is 16.6 Å². The maximum absolute atomic E-state index is 12.0. The van der Waals surface area contributed by atoms with Crippen LogP contribution in [0.2, 0.25) is 0 Å². The van der Waals surface area contributed by atoms with Gasteiger partial charge in [-0.2, -0.15) is 0 Å². The number of thioether (sulfide) groups is 1. The molecule has 5 nitrogen and oxygen atoms in total. The molecular weight excluding hydrogens is 304 g/mol. The van der Waals surface area contributed by atoms with Gasteiger partial charge in [0.25, 0.3) is 0 Å². The number of nitrogens with one attached hydrogen (secondary N) is 1. The highest BCUT2D eigenvalue weighted by atomic mass is 32.2. The van der Waals surface area contributed by atoms with Crippen LogP contribution in [0, 0.1) is 0 Å². The predicted molar refractivity (Wildman–Crippen MR) is 84.6 cm³/mol. The fourth-order valence-corrected chi connectivity index (χ4v) is 3.47. The van der Waals surface area contributed by atoms with Crippen LogP contribution in [-0.4, -0.2) is 32.0 Å². The smallest absolute Gasteiger partial charge is 0.233 e. The van der Waals surface area contributed by atoms with Crippen molar-refractivity contribution in [3.05, 3.63) is 28.2 Å². The van der Waals surface area contributed by atoms with Crippen molar-refractivity contribution in [3.8, 4) is 0 Å². The van der Waals surface area contributed by atoms with E-state index in [0.29, 0.717) is 6.04 Å². The Hall–Kier alpha value is -1.34. The highest BCUT2D eigenvalue weighted by Gasteiger charge is 2.26. The van der Waals surface area contributed by atoms with Gasteiger partial charge in [-0.1, -0.05) is 17.8 Å². The van der Waals surface area contributed by atoms with Crippen LogP contribution in [-0.2, 0) is 18.3 Å². The summed E-state index contributed by atoms with van der Waals surface area (Å²) in [6.07, 6.45) is 3.00. The summed E-state index contributed by atoms with van der Waals surface area (Å²) in [4.78, 5) is 13.2. The Morgan fingerprint density at radius 2 is 2.38 bits per heavy atom. The maximum Gasteiger partial charge on any atom is 0.233 e. The van der Waals surface area contributed by atoms with Crippen LogP contribution in [0.25, 0.3) is 0 Å².